The summed E-state index contributed by atoms with van der Waals surface area (Å²) >= 11 is 0. The van der Waals surface area contributed by atoms with Crippen molar-refractivity contribution in [2.75, 3.05) is 46.6 Å². The highest BCUT2D eigenvalue weighted by Gasteiger charge is 2.55. The first kappa shape index (κ1) is 23.0. The molecule has 0 unspecified atom stereocenters. The van der Waals surface area contributed by atoms with E-state index in [2.05, 4.69) is 10.3 Å². The predicted octanol–water partition coefficient (Wildman–Crippen LogP) is 2.15. The number of urea groups is 1. The van der Waals surface area contributed by atoms with Crippen molar-refractivity contribution in [1.29, 1.82) is 0 Å². The number of aliphatic hydroxyl groups excluding tert-OH is 1. The number of hydrogen-bond donors (Lipinski definition) is 3. The number of likely N-dealkylation sites (tertiary alicyclic amines) is 1. The van der Waals surface area contributed by atoms with Crippen LogP contribution in [0.4, 0.5) is 4.79 Å². The summed E-state index contributed by atoms with van der Waals surface area (Å²) in [6.07, 6.45) is 1.39. The molecule has 4 heterocycles. The normalized spacial score (nSPS) is 22.1. The number of aromatic amines is 1. The van der Waals surface area contributed by atoms with Gasteiger partial charge >= 0.3 is 6.03 Å². The Balaban J connectivity index is 1.55. The Labute approximate surface area is 199 Å². The highest BCUT2D eigenvalue weighted by Crippen LogP contribution is 2.49. The van der Waals surface area contributed by atoms with E-state index >= 15 is 0 Å². The third-order valence-electron chi connectivity index (χ3n) is 7.46. The number of carbonyl (C=O) groups excluding carboxylic acids is 2. The van der Waals surface area contributed by atoms with Gasteiger partial charge in [0.2, 0.25) is 5.91 Å². The van der Waals surface area contributed by atoms with Crippen LogP contribution in [-0.2, 0) is 14.9 Å². The van der Waals surface area contributed by atoms with Crippen LogP contribution in [0.5, 0.6) is 5.75 Å². The molecule has 1 aromatic carbocycles. The lowest BCUT2D eigenvalue weighted by molar-refractivity contribution is -0.145. The Bertz CT molecular complexity index is 1080. The van der Waals surface area contributed by atoms with Gasteiger partial charge in [0.25, 0.3) is 0 Å². The lowest BCUT2D eigenvalue weighted by Gasteiger charge is -2.56. The first-order chi connectivity index (χ1) is 16.4. The maximum absolute atomic E-state index is 13.7. The minimum absolute atomic E-state index is 0.0527. The Morgan fingerprint density at radius 1 is 1.26 bits per heavy atom. The maximum atomic E-state index is 13.7. The molecule has 3 N–H and O–H groups in total. The lowest BCUT2D eigenvalue weighted by atomic mass is 9.68. The van der Waals surface area contributed by atoms with E-state index < -0.39 is 6.04 Å². The lowest BCUT2D eigenvalue weighted by Crippen LogP contribution is -2.69. The first-order valence-corrected chi connectivity index (χ1v) is 12.1. The van der Waals surface area contributed by atoms with Gasteiger partial charge in [0.1, 0.15) is 5.75 Å². The van der Waals surface area contributed by atoms with Gasteiger partial charge in [0.05, 0.1) is 25.2 Å². The molecular formula is C25H34N4O5. The third-order valence-corrected chi connectivity index (χ3v) is 7.46. The maximum Gasteiger partial charge on any atom is 0.317 e. The first-order valence-electron chi connectivity index (χ1n) is 12.1. The second-order valence-corrected chi connectivity index (χ2v) is 10.1. The zero-order chi connectivity index (χ0) is 24.0. The largest absolute Gasteiger partial charge is 0.497 e. The fraction of sp³-hybridized carbons (Fsp3) is 0.600. The van der Waals surface area contributed by atoms with Crippen molar-refractivity contribution in [1.82, 2.24) is 20.1 Å². The summed E-state index contributed by atoms with van der Waals surface area (Å²) < 4.78 is 10.9. The highest BCUT2D eigenvalue weighted by molar-refractivity contribution is 5.90. The average Bonchev–Trinajstić information content (AvgIpc) is 3.20. The molecule has 0 radical (unpaired) electrons. The molecule has 0 saturated carbocycles. The van der Waals surface area contributed by atoms with Crippen molar-refractivity contribution in [2.45, 2.75) is 44.2 Å². The number of aromatic nitrogens is 1. The molecule has 3 aliphatic rings. The smallest absolute Gasteiger partial charge is 0.317 e. The molecule has 1 aromatic heterocycles. The number of carbonyl (C=O) groups is 2. The average molecular weight is 471 g/mol. The van der Waals surface area contributed by atoms with Crippen molar-refractivity contribution < 1.29 is 24.2 Å². The summed E-state index contributed by atoms with van der Waals surface area (Å²) in [6.45, 7) is 6.41. The molecule has 2 fully saturated rings. The molecule has 9 nitrogen and oxygen atoms in total. The Morgan fingerprint density at radius 3 is 2.65 bits per heavy atom. The predicted molar refractivity (Wildman–Crippen MR) is 127 cm³/mol. The van der Waals surface area contributed by atoms with Gasteiger partial charge in [-0.2, -0.15) is 0 Å². The van der Waals surface area contributed by atoms with E-state index in [9.17, 15) is 14.7 Å². The van der Waals surface area contributed by atoms with Crippen LogP contribution < -0.4 is 10.1 Å². The number of methoxy groups -OCH3 is 1. The molecule has 3 aliphatic heterocycles. The van der Waals surface area contributed by atoms with Crippen molar-refractivity contribution in [2.24, 2.45) is 5.92 Å². The van der Waals surface area contributed by atoms with E-state index in [0.717, 1.165) is 27.9 Å². The number of hydrogen-bond acceptors (Lipinski definition) is 5. The number of ether oxygens (including phenoxy) is 2. The van der Waals surface area contributed by atoms with Gasteiger partial charge in [0.15, 0.2) is 0 Å². The quantitative estimate of drug-likeness (QED) is 0.635. The summed E-state index contributed by atoms with van der Waals surface area (Å²) in [6, 6.07) is 5.43. The fourth-order valence-electron chi connectivity index (χ4n) is 5.84. The third kappa shape index (κ3) is 3.71. The fourth-order valence-corrected chi connectivity index (χ4v) is 5.84. The highest BCUT2D eigenvalue weighted by atomic mass is 16.5. The second-order valence-electron chi connectivity index (χ2n) is 10.1. The van der Waals surface area contributed by atoms with Crippen LogP contribution in [0.15, 0.2) is 18.2 Å². The SMILES string of the molecule is COc1ccc2c3c([nH]c2c1)[C@H](CO)N(C(=O)C1CCOCC1)CC31CN(C(=O)NC(C)C)C1. The molecule has 1 spiro atoms. The van der Waals surface area contributed by atoms with Gasteiger partial charge in [-0.1, -0.05) is 0 Å². The van der Waals surface area contributed by atoms with Crippen molar-refractivity contribution in [3.05, 3.63) is 29.5 Å². The number of nitrogens with one attached hydrogen (secondary N) is 2. The molecule has 2 aromatic rings. The standard InChI is InChI=1S/C25H34N4O5/c1-15(2)26-24(32)28-12-25(13-28)14-29(23(31)16-6-8-34-9-7-16)20(11-30)22-21(25)18-5-4-17(33-3)10-19(18)27-22/h4-5,10,15-16,20,27,30H,6-9,11-14H2,1-3H3,(H,26,32)/t20-/m0/s1. The molecule has 9 heteroatoms. The van der Waals surface area contributed by atoms with E-state index in [1.165, 1.54) is 0 Å². The molecule has 184 valence electrons. The van der Waals surface area contributed by atoms with E-state index in [-0.39, 0.29) is 35.9 Å². The van der Waals surface area contributed by atoms with Crippen LogP contribution in [0, 0.1) is 5.92 Å². The van der Waals surface area contributed by atoms with Crippen molar-refractivity contribution >= 4 is 22.8 Å². The number of benzene rings is 1. The number of aliphatic hydroxyl groups is 1. The summed E-state index contributed by atoms with van der Waals surface area (Å²) in [7, 11) is 1.63. The van der Waals surface area contributed by atoms with Gasteiger partial charge in [0, 0.05) is 67.5 Å². The molecule has 2 saturated heterocycles. The van der Waals surface area contributed by atoms with Crippen LogP contribution in [0.1, 0.15) is 44.0 Å². The number of fused-ring (bicyclic) bond motifs is 4. The van der Waals surface area contributed by atoms with E-state index in [4.69, 9.17) is 9.47 Å². The molecule has 34 heavy (non-hydrogen) atoms. The van der Waals surface area contributed by atoms with Crippen LogP contribution in [0.2, 0.25) is 0 Å². The molecule has 0 aliphatic carbocycles. The van der Waals surface area contributed by atoms with Crippen molar-refractivity contribution in [3.63, 3.8) is 0 Å². The molecule has 3 amide bonds. The molecular weight excluding hydrogens is 436 g/mol. The zero-order valence-corrected chi connectivity index (χ0v) is 20.1. The van der Waals surface area contributed by atoms with Gasteiger partial charge in [-0.15, -0.1) is 0 Å². The Morgan fingerprint density at radius 2 is 2.00 bits per heavy atom. The Kier molecular flexibility index (Phi) is 5.93. The monoisotopic (exact) mass is 470 g/mol. The van der Waals surface area contributed by atoms with Crippen molar-refractivity contribution in [3.8, 4) is 5.75 Å². The van der Waals surface area contributed by atoms with Gasteiger partial charge in [-0.25, -0.2) is 4.79 Å². The Hall–Kier alpha value is -2.78. The number of amides is 3. The second kappa shape index (κ2) is 8.78. The summed E-state index contributed by atoms with van der Waals surface area (Å²) in [5.74, 6) is 0.697. The topological polar surface area (TPSA) is 107 Å². The van der Waals surface area contributed by atoms with Crippen LogP contribution in [-0.4, -0.2) is 84.4 Å². The number of rotatable bonds is 4. The van der Waals surface area contributed by atoms with E-state index in [0.29, 0.717) is 45.7 Å². The van der Waals surface area contributed by atoms with Gasteiger partial charge in [-0.3, -0.25) is 4.79 Å². The van der Waals surface area contributed by atoms with E-state index in [1.54, 1.807) is 7.11 Å². The molecule has 0 bridgehead atoms. The van der Waals surface area contributed by atoms with Crippen LogP contribution in [0.3, 0.4) is 0 Å². The van der Waals surface area contributed by atoms with Crippen LogP contribution >= 0.6 is 0 Å². The number of H-pyrrole nitrogens is 1. The van der Waals surface area contributed by atoms with E-state index in [1.807, 2.05) is 41.8 Å². The molecule has 1 atom stereocenters. The van der Waals surface area contributed by atoms with Crippen LogP contribution in [0.25, 0.3) is 10.9 Å². The summed E-state index contributed by atoms with van der Waals surface area (Å²) in [5, 5.41) is 14.5. The summed E-state index contributed by atoms with van der Waals surface area (Å²) in [4.78, 5) is 33.5. The minimum Gasteiger partial charge on any atom is -0.497 e. The minimum atomic E-state index is -0.451. The number of nitrogens with zero attached hydrogens (tertiary/aromatic N) is 2. The zero-order valence-electron chi connectivity index (χ0n) is 20.1. The van der Waals surface area contributed by atoms with Gasteiger partial charge < -0.3 is 34.7 Å². The summed E-state index contributed by atoms with van der Waals surface area (Å²) in [5.41, 5.74) is 2.49. The van der Waals surface area contributed by atoms with Gasteiger partial charge in [-0.05, 0) is 44.4 Å². The molecule has 5 rings (SSSR count).